The molecule has 0 heterocycles. The first-order valence-corrected chi connectivity index (χ1v) is 8.99. The second kappa shape index (κ2) is 6.89. The third-order valence-electron chi connectivity index (χ3n) is 4.20. The van der Waals surface area contributed by atoms with Crippen LogP contribution in [0.25, 0.3) is 0 Å². The Balaban J connectivity index is 2.63. The van der Waals surface area contributed by atoms with E-state index in [0.717, 1.165) is 25.8 Å². The largest absolute Gasteiger partial charge is 0.469 e. The van der Waals surface area contributed by atoms with Crippen molar-refractivity contribution < 1.29 is 17.9 Å². The monoisotopic (exact) mass is 305 g/mol. The highest BCUT2D eigenvalue weighted by Gasteiger charge is 2.49. The fourth-order valence-corrected chi connectivity index (χ4v) is 4.56. The van der Waals surface area contributed by atoms with Crippen molar-refractivity contribution in [3.8, 4) is 0 Å². The van der Waals surface area contributed by atoms with Crippen molar-refractivity contribution in [1.82, 2.24) is 5.32 Å². The van der Waals surface area contributed by atoms with Gasteiger partial charge >= 0.3 is 5.97 Å². The molecule has 0 amide bonds. The van der Waals surface area contributed by atoms with Gasteiger partial charge in [0.2, 0.25) is 0 Å². The zero-order valence-electron chi connectivity index (χ0n) is 12.9. The van der Waals surface area contributed by atoms with E-state index in [9.17, 15) is 13.2 Å². The Kier molecular flexibility index (Phi) is 6.01. The van der Waals surface area contributed by atoms with Crippen molar-refractivity contribution in [3.05, 3.63) is 0 Å². The summed E-state index contributed by atoms with van der Waals surface area (Å²) in [5.74, 6) is -0.225. The Morgan fingerprint density at radius 3 is 2.40 bits per heavy atom. The van der Waals surface area contributed by atoms with E-state index >= 15 is 0 Å². The predicted molar refractivity (Wildman–Crippen MR) is 79.3 cm³/mol. The van der Waals surface area contributed by atoms with Crippen LogP contribution in [-0.2, 0) is 19.4 Å². The maximum Gasteiger partial charge on any atom is 0.306 e. The van der Waals surface area contributed by atoms with Gasteiger partial charge in [0, 0.05) is 6.04 Å². The number of hydrogen-bond acceptors (Lipinski definition) is 5. The Hall–Kier alpha value is -0.620. The van der Waals surface area contributed by atoms with Crippen LogP contribution in [0.5, 0.6) is 0 Å². The summed E-state index contributed by atoms with van der Waals surface area (Å²) >= 11 is 0. The zero-order valence-corrected chi connectivity index (χ0v) is 13.8. The second-order valence-electron chi connectivity index (χ2n) is 6.01. The summed E-state index contributed by atoms with van der Waals surface area (Å²) in [6, 6.07) is -0.0751. The molecule has 0 spiro atoms. The number of nitrogens with one attached hydrogen (secondary N) is 1. The third-order valence-corrected chi connectivity index (χ3v) is 6.75. The van der Waals surface area contributed by atoms with E-state index in [4.69, 9.17) is 0 Å². The summed E-state index contributed by atoms with van der Waals surface area (Å²) in [6.45, 7) is 6.51. The summed E-state index contributed by atoms with van der Waals surface area (Å²) in [7, 11) is -1.87. The number of esters is 1. The summed E-state index contributed by atoms with van der Waals surface area (Å²) in [5, 5.41) is 2.78. The van der Waals surface area contributed by atoms with Gasteiger partial charge in [-0.15, -0.1) is 0 Å². The average molecular weight is 305 g/mol. The maximum atomic E-state index is 12.5. The molecule has 0 aromatic carbocycles. The molecule has 0 saturated heterocycles. The molecule has 1 fully saturated rings. The van der Waals surface area contributed by atoms with Gasteiger partial charge in [0.1, 0.15) is 0 Å². The molecule has 1 rings (SSSR count). The fourth-order valence-electron chi connectivity index (χ4n) is 2.33. The zero-order chi connectivity index (χ0) is 15.4. The van der Waals surface area contributed by atoms with Crippen LogP contribution in [0.4, 0.5) is 0 Å². The molecule has 1 aliphatic carbocycles. The smallest absolute Gasteiger partial charge is 0.306 e. The molecular weight excluding hydrogens is 278 g/mol. The molecule has 118 valence electrons. The highest BCUT2D eigenvalue weighted by Crippen LogP contribution is 2.50. The van der Waals surface area contributed by atoms with Crippen LogP contribution in [0.1, 0.15) is 46.5 Å². The molecule has 1 saturated carbocycles. The van der Waals surface area contributed by atoms with E-state index in [1.165, 1.54) is 7.11 Å². The fraction of sp³-hybridized carbons (Fsp3) is 0.929. The molecule has 0 aromatic rings. The highest BCUT2D eigenvalue weighted by atomic mass is 32.2. The average Bonchev–Trinajstić information content (AvgIpc) is 3.13. The number of ether oxygens (including phenoxy) is 1. The molecule has 20 heavy (non-hydrogen) atoms. The summed E-state index contributed by atoms with van der Waals surface area (Å²) in [5.41, 5.74) is -0.370. The first-order valence-electron chi connectivity index (χ1n) is 7.28. The van der Waals surface area contributed by atoms with Crippen molar-refractivity contribution in [1.29, 1.82) is 0 Å². The topological polar surface area (TPSA) is 72.5 Å². The number of sulfone groups is 1. The van der Waals surface area contributed by atoms with E-state index in [0.29, 0.717) is 0 Å². The highest BCUT2D eigenvalue weighted by molar-refractivity contribution is 7.92. The molecule has 1 N–H and O–H groups in total. The summed E-state index contributed by atoms with van der Waals surface area (Å²) in [6.07, 6.45) is 2.78. The number of rotatable bonds is 9. The van der Waals surface area contributed by atoms with E-state index in [-0.39, 0.29) is 29.6 Å². The number of carbonyl (C=O) groups is 1. The van der Waals surface area contributed by atoms with Crippen LogP contribution in [-0.4, -0.2) is 45.1 Å². The lowest BCUT2D eigenvalue weighted by Gasteiger charge is -2.24. The quantitative estimate of drug-likeness (QED) is 0.654. The molecule has 0 aliphatic heterocycles. The molecule has 2 unspecified atom stereocenters. The Labute approximate surface area is 122 Å². The molecule has 1 aliphatic rings. The molecule has 6 heteroatoms. The standard InChI is InChI=1S/C14H27NO4S/c1-5-8-15-11(2)12(3)20(17,18)10-14(6-7-14)9-13(16)19-4/h11-12,15H,5-10H2,1-4H3. The van der Waals surface area contributed by atoms with Crippen LogP contribution < -0.4 is 5.32 Å². The number of carbonyl (C=O) groups excluding carboxylic acids is 1. The summed E-state index contributed by atoms with van der Waals surface area (Å²) < 4.78 is 29.6. The number of methoxy groups -OCH3 is 1. The van der Waals surface area contributed by atoms with Crippen molar-refractivity contribution in [2.24, 2.45) is 5.41 Å². The Bertz CT molecular complexity index is 428. The van der Waals surface area contributed by atoms with E-state index in [1.807, 2.05) is 6.92 Å². The van der Waals surface area contributed by atoms with Gasteiger partial charge in [0.25, 0.3) is 0 Å². The lowest BCUT2D eigenvalue weighted by molar-refractivity contribution is -0.141. The van der Waals surface area contributed by atoms with Crippen molar-refractivity contribution >= 4 is 15.8 Å². The molecular formula is C14H27NO4S. The van der Waals surface area contributed by atoms with Crippen LogP contribution in [0, 0.1) is 5.41 Å². The first kappa shape index (κ1) is 17.4. The van der Waals surface area contributed by atoms with Gasteiger partial charge in [0.15, 0.2) is 9.84 Å². The minimum absolute atomic E-state index is 0.0751. The van der Waals surface area contributed by atoms with Gasteiger partial charge in [0.05, 0.1) is 24.5 Å². The Morgan fingerprint density at radius 2 is 1.95 bits per heavy atom. The number of hydrogen-bond donors (Lipinski definition) is 1. The van der Waals surface area contributed by atoms with Crippen LogP contribution in [0.3, 0.4) is 0 Å². The molecule has 0 bridgehead atoms. The van der Waals surface area contributed by atoms with Gasteiger partial charge < -0.3 is 10.1 Å². The molecule has 5 nitrogen and oxygen atoms in total. The third kappa shape index (κ3) is 4.74. The van der Waals surface area contributed by atoms with E-state index < -0.39 is 15.1 Å². The van der Waals surface area contributed by atoms with E-state index in [1.54, 1.807) is 6.92 Å². The van der Waals surface area contributed by atoms with Crippen molar-refractivity contribution in [2.45, 2.75) is 57.7 Å². The van der Waals surface area contributed by atoms with E-state index in [2.05, 4.69) is 17.0 Å². The van der Waals surface area contributed by atoms with Crippen LogP contribution >= 0.6 is 0 Å². The van der Waals surface area contributed by atoms with Crippen LogP contribution in [0.15, 0.2) is 0 Å². The lowest BCUT2D eigenvalue weighted by atomic mass is 10.1. The van der Waals surface area contributed by atoms with Crippen LogP contribution in [0.2, 0.25) is 0 Å². The Morgan fingerprint density at radius 1 is 1.35 bits per heavy atom. The lowest BCUT2D eigenvalue weighted by Crippen LogP contribution is -2.42. The van der Waals surface area contributed by atoms with Crippen molar-refractivity contribution in [3.63, 3.8) is 0 Å². The van der Waals surface area contributed by atoms with Gasteiger partial charge in [-0.1, -0.05) is 6.92 Å². The van der Waals surface area contributed by atoms with Crippen molar-refractivity contribution in [2.75, 3.05) is 19.4 Å². The normalized spacial score (nSPS) is 20.2. The maximum absolute atomic E-state index is 12.5. The van der Waals surface area contributed by atoms with Gasteiger partial charge in [-0.05, 0) is 45.1 Å². The van der Waals surface area contributed by atoms with Gasteiger partial charge in [-0.25, -0.2) is 8.42 Å². The summed E-state index contributed by atoms with van der Waals surface area (Å²) in [4.78, 5) is 11.4. The van der Waals surface area contributed by atoms with Gasteiger partial charge in [-0.3, -0.25) is 4.79 Å². The molecule has 0 aromatic heterocycles. The first-order chi connectivity index (χ1) is 9.26. The molecule has 2 atom stereocenters. The predicted octanol–water partition coefficient (Wildman–Crippen LogP) is 1.52. The van der Waals surface area contributed by atoms with Gasteiger partial charge in [-0.2, -0.15) is 0 Å². The minimum atomic E-state index is -3.21. The minimum Gasteiger partial charge on any atom is -0.469 e. The second-order valence-corrected chi connectivity index (χ2v) is 8.37. The SMILES string of the molecule is CCCNC(C)C(C)S(=O)(=O)CC1(CC(=O)OC)CC1. The molecule has 0 radical (unpaired) electrons.